The Kier molecular flexibility index (Phi) is 10.9. The van der Waals surface area contributed by atoms with E-state index < -0.39 is 6.10 Å². The Morgan fingerprint density at radius 3 is 2.17 bits per heavy atom. The van der Waals surface area contributed by atoms with Gasteiger partial charge >= 0.3 is 0 Å². The number of hydrogen-bond donors (Lipinski definition) is 1. The van der Waals surface area contributed by atoms with Gasteiger partial charge in [-0.25, -0.2) is 0 Å². The second-order valence-electron chi connectivity index (χ2n) is 5.33. The van der Waals surface area contributed by atoms with Crippen LogP contribution in [0.5, 0.6) is 0 Å². The molecule has 0 saturated carbocycles. The number of hydrogen-bond acceptors (Lipinski definition) is 5. The Bertz CT molecular complexity index is 382. The standard InChI is InChI=1S/C18H31NO4/c1-4-21-15-17(20)13-19(12-16-10-8-7-9-11-16)14-18(22-5-2)23-6-3/h7-11,17-18,20H,4-6,12-15H2,1-3H3. The van der Waals surface area contributed by atoms with E-state index in [2.05, 4.69) is 17.0 Å². The molecule has 23 heavy (non-hydrogen) atoms. The maximum absolute atomic E-state index is 10.2. The topological polar surface area (TPSA) is 51.2 Å². The van der Waals surface area contributed by atoms with Gasteiger partial charge in [0, 0.05) is 39.5 Å². The highest BCUT2D eigenvalue weighted by Gasteiger charge is 2.18. The van der Waals surface area contributed by atoms with Crippen LogP contribution < -0.4 is 0 Å². The van der Waals surface area contributed by atoms with Crippen LogP contribution in [0.15, 0.2) is 30.3 Å². The van der Waals surface area contributed by atoms with Crippen LogP contribution in [-0.2, 0) is 20.8 Å². The Labute approximate surface area is 140 Å². The van der Waals surface area contributed by atoms with Gasteiger partial charge in [0.25, 0.3) is 0 Å². The number of aliphatic hydroxyl groups is 1. The molecule has 0 bridgehead atoms. The van der Waals surface area contributed by atoms with Crippen molar-refractivity contribution < 1.29 is 19.3 Å². The highest BCUT2D eigenvalue weighted by Crippen LogP contribution is 2.09. The van der Waals surface area contributed by atoms with E-state index in [9.17, 15) is 5.11 Å². The van der Waals surface area contributed by atoms with Crippen LogP contribution in [0, 0.1) is 0 Å². The minimum absolute atomic E-state index is 0.284. The number of ether oxygens (including phenoxy) is 3. The lowest BCUT2D eigenvalue weighted by molar-refractivity contribution is -0.150. The lowest BCUT2D eigenvalue weighted by Gasteiger charge is -2.29. The van der Waals surface area contributed by atoms with Gasteiger partial charge in [-0.1, -0.05) is 30.3 Å². The number of benzene rings is 1. The molecular formula is C18H31NO4. The number of rotatable bonds is 13. The Balaban J connectivity index is 2.65. The van der Waals surface area contributed by atoms with E-state index >= 15 is 0 Å². The molecule has 0 radical (unpaired) electrons. The first kappa shape index (κ1) is 20.1. The van der Waals surface area contributed by atoms with Crippen LogP contribution in [0.3, 0.4) is 0 Å². The summed E-state index contributed by atoms with van der Waals surface area (Å²) in [7, 11) is 0. The molecule has 0 aliphatic carbocycles. The van der Waals surface area contributed by atoms with Crippen LogP contribution in [0.25, 0.3) is 0 Å². The molecule has 132 valence electrons. The largest absolute Gasteiger partial charge is 0.389 e. The predicted octanol–water partition coefficient (Wildman–Crippen LogP) is 2.29. The van der Waals surface area contributed by atoms with Gasteiger partial charge in [-0.2, -0.15) is 0 Å². The zero-order valence-electron chi connectivity index (χ0n) is 14.6. The monoisotopic (exact) mass is 325 g/mol. The van der Waals surface area contributed by atoms with E-state index in [0.717, 1.165) is 6.54 Å². The van der Waals surface area contributed by atoms with Gasteiger partial charge in [-0.3, -0.25) is 4.90 Å². The summed E-state index contributed by atoms with van der Waals surface area (Å²) in [6.45, 7) is 9.86. The van der Waals surface area contributed by atoms with Crippen molar-refractivity contribution in [2.45, 2.75) is 39.7 Å². The Morgan fingerprint density at radius 1 is 0.957 bits per heavy atom. The molecule has 1 N–H and O–H groups in total. The fourth-order valence-electron chi connectivity index (χ4n) is 2.39. The summed E-state index contributed by atoms with van der Waals surface area (Å²) in [5.41, 5.74) is 1.20. The van der Waals surface area contributed by atoms with Gasteiger partial charge in [0.1, 0.15) is 0 Å². The minimum atomic E-state index is -0.525. The number of nitrogens with zero attached hydrogens (tertiary/aromatic N) is 1. The highest BCUT2D eigenvalue weighted by molar-refractivity contribution is 5.14. The van der Waals surface area contributed by atoms with Crippen molar-refractivity contribution >= 4 is 0 Å². The van der Waals surface area contributed by atoms with Crippen LogP contribution >= 0.6 is 0 Å². The molecule has 0 aromatic heterocycles. The molecule has 5 nitrogen and oxygen atoms in total. The maximum Gasteiger partial charge on any atom is 0.170 e. The molecule has 1 aromatic rings. The van der Waals surface area contributed by atoms with Crippen molar-refractivity contribution in [2.75, 3.05) is 39.5 Å². The third kappa shape index (κ3) is 9.03. The average Bonchev–Trinajstić information content (AvgIpc) is 2.54. The van der Waals surface area contributed by atoms with Gasteiger partial charge < -0.3 is 19.3 Å². The smallest absolute Gasteiger partial charge is 0.170 e. The highest BCUT2D eigenvalue weighted by atomic mass is 16.7. The van der Waals surface area contributed by atoms with E-state index in [4.69, 9.17) is 14.2 Å². The van der Waals surface area contributed by atoms with Crippen LogP contribution in [0.1, 0.15) is 26.3 Å². The summed E-state index contributed by atoms with van der Waals surface area (Å²) in [5, 5.41) is 10.2. The quantitative estimate of drug-likeness (QED) is 0.564. The molecule has 1 rings (SSSR count). The van der Waals surface area contributed by atoms with Gasteiger partial charge in [-0.05, 0) is 26.3 Å². The van der Waals surface area contributed by atoms with Crippen molar-refractivity contribution in [1.29, 1.82) is 0 Å². The van der Waals surface area contributed by atoms with Gasteiger partial charge in [0.2, 0.25) is 0 Å². The molecule has 0 heterocycles. The van der Waals surface area contributed by atoms with E-state index in [1.807, 2.05) is 39.0 Å². The second-order valence-corrected chi connectivity index (χ2v) is 5.33. The first-order valence-electron chi connectivity index (χ1n) is 8.44. The molecule has 1 atom stereocenters. The zero-order chi connectivity index (χ0) is 16.9. The van der Waals surface area contributed by atoms with Crippen molar-refractivity contribution in [2.24, 2.45) is 0 Å². The van der Waals surface area contributed by atoms with E-state index in [1.165, 1.54) is 5.56 Å². The Morgan fingerprint density at radius 2 is 1.61 bits per heavy atom. The van der Waals surface area contributed by atoms with Gasteiger partial charge in [0.15, 0.2) is 6.29 Å². The molecule has 0 amide bonds. The molecule has 0 aliphatic heterocycles. The summed E-state index contributed by atoms with van der Waals surface area (Å²) in [6.07, 6.45) is -0.810. The summed E-state index contributed by atoms with van der Waals surface area (Å²) in [5.74, 6) is 0. The predicted molar refractivity (Wildman–Crippen MR) is 91.3 cm³/mol. The third-order valence-electron chi connectivity index (χ3n) is 3.34. The molecule has 5 heteroatoms. The van der Waals surface area contributed by atoms with Crippen molar-refractivity contribution in [3.63, 3.8) is 0 Å². The first-order chi connectivity index (χ1) is 11.2. The molecule has 0 fully saturated rings. The fourth-order valence-corrected chi connectivity index (χ4v) is 2.39. The normalized spacial score (nSPS) is 13.0. The third-order valence-corrected chi connectivity index (χ3v) is 3.34. The first-order valence-corrected chi connectivity index (χ1v) is 8.44. The zero-order valence-corrected chi connectivity index (χ0v) is 14.6. The lowest BCUT2D eigenvalue weighted by atomic mass is 10.2. The second kappa shape index (κ2) is 12.4. The Hall–Kier alpha value is -0.980. The SMILES string of the molecule is CCOCC(O)CN(Cc1ccccc1)CC(OCC)OCC. The summed E-state index contributed by atoms with van der Waals surface area (Å²) in [4.78, 5) is 2.15. The molecule has 1 aromatic carbocycles. The summed E-state index contributed by atoms with van der Waals surface area (Å²) in [6, 6.07) is 10.2. The van der Waals surface area contributed by atoms with E-state index in [1.54, 1.807) is 0 Å². The molecule has 1 unspecified atom stereocenters. The summed E-state index contributed by atoms with van der Waals surface area (Å²) >= 11 is 0. The maximum atomic E-state index is 10.2. The molecular weight excluding hydrogens is 294 g/mol. The van der Waals surface area contributed by atoms with Crippen molar-refractivity contribution in [3.05, 3.63) is 35.9 Å². The van der Waals surface area contributed by atoms with Crippen LogP contribution in [-0.4, -0.2) is 61.9 Å². The molecule has 0 aliphatic rings. The van der Waals surface area contributed by atoms with Gasteiger partial charge in [0.05, 0.1) is 12.7 Å². The molecule has 0 spiro atoms. The van der Waals surface area contributed by atoms with E-state index in [0.29, 0.717) is 39.5 Å². The molecule has 0 saturated heterocycles. The van der Waals surface area contributed by atoms with Crippen molar-refractivity contribution in [1.82, 2.24) is 4.90 Å². The minimum Gasteiger partial charge on any atom is -0.389 e. The summed E-state index contributed by atoms with van der Waals surface area (Å²) < 4.78 is 16.6. The number of aliphatic hydroxyl groups excluding tert-OH is 1. The van der Waals surface area contributed by atoms with Crippen LogP contribution in [0.4, 0.5) is 0 Å². The average molecular weight is 325 g/mol. The van der Waals surface area contributed by atoms with Crippen LogP contribution in [0.2, 0.25) is 0 Å². The fraction of sp³-hybridized carbons (Fsp3) is 0.667. The van der Waals surface area contributed by atoms with E-state index in [-0.39, 0.29) is 6.29 Å². The van der Waals surface area contributed by atoms with Crippen molar-refractivity contribution in [3.8, 4) is 0 Å². The lowest BCUT2D eigenvalue weighted by Crippen LogP contribution is -2.41. The van der Waals surface area contributed by atoms with Gasteiger partial charge in [-0.15, -0.1) is 0 Å².